The van der Waals surface area contributed by atoms with Crippen molar-refractivity contribution in [3.63, 3.8) is 0 Å². The van der Waals surface area contributed by atoms with Gasteiger partial charge in [0, 0.05) is 18.3 Å². The van der Waals surface area contributed by atoms with Gasteiger partial charge in [-0.1, -0.05) is 78.3 Å². The van der Waals surface area contributed by atoms with E-state index in [2.05, 4.69) is 28.7 Å². The van der Waals surface area contributed by atoms with Gasteiger partial charge in [0.1, 0.15) is 11.6 Å². The minimum Gasteiger partial charge on any atom is -0.497 e. The van der Waals surface area contributed by atoms with Crippen molar-refractivity contribution in [2.75, 3.05) is 7.11 Å². The highest BCUT2D eigenvalue weighted by Crippen LogP contribution is 2.28. The maximum absolute atomic E-state index is 12.8. The van der Waals surface area contributed by atoms with E-state index >= 15 is 0 Å². The van der Waals surface area contributed by atoms with Crippen LogP contribution in [-0.4, -0.2) is 23.8 Å². The maximum atomic E-state index is 12.8. The van der Waals surface area contributed by atoms with Gasteiger partial charge in [-0.3, -0.25) is 0 Å². The molecule has 4 aromatic rings. The van der Waals surface area contributed by atoms with Gasteiger partial charge < -0.3 is 9.72 Å². The largest absolute Gasteiger partial charge is 0.497 e. The van der Waals surface area contributed by atoms with Crippen molar-refractivity contribution in [2.45, 2.75) is 19.5 Å². The monoisotopic (exact) mass is 462 g/mol. The number of nitrogens with one attached hydrogen (secondary N) is 1. The van der Waals surface area contributed by atoms with Crippen LogP contribution in [0.5, 0.6) is 5.75 Å². The molecule has 0 saturated heterocycles. The number of para-hydroxylation sites is 1. The molecule has 0 amide bonds. The number of aromatic nitrogens is 2. The molecule has 0 aliphatic rings. The van der Waals surface area contributed by atoms with Gasteiger partial charge in [0.2, 0.25) is 6.71 Å². The first-order valence-corrected chi connectivity index (χ1v) is 10.8. The van der Waals surface area contributed by atoms with Crippen molar-refractivity contribution in [3.8, 4) is 5.75 Å². The average molecular weight is 462 g/mol. The molecule has 174 valence electrons. The van der Waals surface area contributed by atoms with Crippen LogP contribution in [0.4, 0.5) is 13.2 Å². The lowest BCUT2D eigenvalue weighted by molar-refractivity contribution is -0.137. The van der Waals surface area contributed by atoms with Gasteiger partial charge in [0.15, 0.2) is 0 Å². The number of nitrogens with zero attached hydrogens (tertiary/aromatic N) is 1. The quantitative estimate of drug-likeness (QED) is 0.392. The van der Waals surface area contributed by atoms with Crippen LogP contribution in [-0.2, 0) is 12.6 Å². The summed E-state index contributed by atoms with van der Waals surface area (Å²) in [6, 6.07) is 22.9. The lowest BCUT2D eigenvalue weighted by Gasteiger charge is -2.15. The van der Waals surface area contributed by atoms with E-state index in [4.69, 9.17) is 4.74 Å². The Morgan fingerprint density at radius 2 is 1.71 bits per heavy atom. The SMILES string of the molecule is C=CB(c1cccc(C(F)(F)F)c1)c1ccccc1OC.Cc1cnc(Cc2ccccc2)[nH]1. The molecule has 0 atom stereocenters. The minimum absolute atomic E-state index is 0.358. The summed E-state index contributed by atoms with van der Waals surface area (Å²) in [6.45, 7) is 5.40. The van der Waals surface area contributed by atoms with Gasteiger partial charge in [0.25, 0.3) is 0 Å². The molecule has 1 N–H and O–H groups in total. The molecule has 0 saturated carbocycles. The van der Waals surface area contributed by atoms with Gasteiger partial charge in [-0.05, 0) is 24.0 Å². The zero-order chi connectivity index (χ0) is 24.6. The van der Waals surface area contributed by atoms with Crippen molar-refractivity contribution in [3.05, 3.63) is 120 Å². The molecule has 0 radical (unpaired) electrons. The standard InChI is InChI=1S/C16H14BF3O.C11H12N2/c1-3-17(14-9-4-5-10-15(14)21-2)13-8-6-7-12(11-13)16(18,19)20;1-9-8-12-11(13-9)7-10-5-3-2-4-6-10/h3-11H,1H2,2H3;2-6,8H,7H2,1H3,(H,12,13). The van der Waals surface area contributed by atoms with Crippen molar-refractivity contribution >= 4 is 17.6 Å². The number of rotatable bonds is 6. The molecule has 3 nitrogen and oxygen atoms in total. The van der Waals surface area contributed by atoms with E-state index in [1.54, 1.807) is 18.1 Å². The summed E-state index contributed by atoms with van der Waals surface area (Å²) in [6.07, 6.45) is -1.62. The van der Waals surface area contributed by atoms with Gasteiger partial charge in [0.05, 0.1) is 12.7 Å². The fraction of sp³-hybridized carbons (Fsp3) is 0.148. The van der Waals surface area contributed by atoms with Crippen molar-refractivity contribution in [2.24, 2.45) is 0 Å². The molecular weight excluding hydrogens is 436 g/mol. The summed E-state index contributed by atoms with van der Waals surface area (Å²) in [7, 11) is 1.53. The van der Waals surface area contributed by atoms with Crippen LogP contribution in [0.15, 0.2) is 97.6 Å². The van der Waals surface area contributed by atoms with Gasteiger partial charge >= 0.3 is 6.18 Å². The highest BCUT2D eigenvalue weighted by Gasteiger charge is 2.31. The Labute approximate surface area is 198 Å². The second-order valence-corrected chi connectivity index (χ2v) is 7.75. The first-order chi connectivity index (χ1) is 16.3. The Kier molecular flexibility index (Phi) is 8.36. The number of aryl methyl sites for hydroxylation is 1. The molecule has 34 heavy (non-hydrogen) atoms. The summed E-state index contributed by atoms with van der Waals surface area (Å²) < 4.78 is 43.8. The third kappa shape index (κ3) is 6.64. The van der Waals surface area contributed by atoms with E-state index in [0.717, 1.165) is 35.5 Å². The third-order valence-corrected chi connectivity index (χ3v) is 5.25. The number of hydrogen-bond acceptors (Lipinski definition) is 2. The topological polar surface area (TPSA) is 37.9 Å². The highest BCUT2D eigenvalue weighted by atomic mass is 19.4. The highest BCUT2D eigenvalue weighted by molar-refractivity contribution is 6.89. The van der Waals surface area contributed by atoms with Crippen LogP contribution in [0.1, 0.15) is 22.6 Å². The third-order valence-electron chi connectivity index (χ3n) is 5.25. The maximum Gasteiger partial charge on any atom is 0.416 e. The van der Waals surface area contributed by atoms with Crippen LogP contribution in [0.2, 0.25) is 0 Å². The van der Waals surface area contributed by atoms with E-state index in [1.807, 2.05) is 49.5 Å². The number of hydrogen-bond donors (Lipinski definition) is 1. The second kappa shape index (κ2) is 11.4. The lowest BCUT2D eigenvalue weighted by Crippen LogP contribution is -2.41. The molecule has 0 fully saturated rings. The molecule has 1 heterocycles. The Bertz CT molecular complexity index is 1210. The Morgan fingerprint density at radius 3 is 2.32 bits per heavy atom. The Balaban J connectivity index is 0.000000212. The summed E-state index contributed by atoms with van der Waals surface area (Å²) in [5.41, 5.74) is 3.06. The van der Waals surface area contributed by atoms with Gasteiger partial charge in [-0.2, -0.15) is 13.2 Å². The van der Waals surface area contributed by atoms with Crippen LogP contribution in [0.25, 0.3) is 0 Å². The first kappa shape index (κ1) is 24.9. The number of aromatic amines is 1. The van der Waals surface area contributed by atoms with Gasteiger partial charge in [-0.25, -0.2) is 4.98 Å². The fourth-order valence-corrected chi connectivity index (χ4v) is 3.62. The van der Waals surface area contributed by atoms with Crippen LogP contribution >= 0.6 is 0 Å². The van der Waals surface area contributed by atoms with Crippen LogP contribution in [0.3, 0.4) is 0 Å². The molecular formula is C27H26BF3N2O. The van der Waals surface area contributed by atoms with Crippen molar-refractivity contribution in [1.29, 1.82) is 0 Å². The number of alkyl halides is 3. The number of ether oxygens (including phenoxy) is 1. The molecule has 1 aromatic heterocycles. The summed E-state index contributed by atoms with van der Waals surface area (Å²) in [4.78, 5) is 7.47. The average Bonchev–Trinajstić information content (AvgIpc) is 3.25. The second-order valence-electron chi connectivity index (χ2n) is 7.75. The predicted octanol–water partition coefficient (Wildman–Crippen LogP) is 5.36. The van der Waals surface area contributed by atoms with E-state index in [1.165, 1.54) is 18.7 Å². The molecule has 4 rings (SSSR count). The van der Waals surface area contributed by atoms with E-state index in [9.17, 15) is 13.2 Å². The lowest BCUT2D eigenvalue weighted by atomic mass is 9.40. The van der Waals surface area contributed by atoms with E-state index in [-0.39, 0.29) is 6.71 Å². The van der Waals surface area contributed by atoms with E-state index in [0.29, 0.717) is 11.2 Å². The first-order valence-electron chi connectivity index (χ1n) is 10.8. The number of H-pyrrole nitrogens is 1. The summed E-state index contributed by atoms with van der Waals surface area (Å²) in [5.74, 6) is 3.27. The molecule has 3 aromatic carbocycles. The molecule has 0 aliphatic carbocycles. The van der Waals surface area contributed by atoms with Crippen LogP contribution < -0.4 is 15.7 Å². The molecule has 0 bridgehead atoms. The molecule has 0 spiro atoms. The minimum atomic E-state index is -4.36. The smallest absolute Gasteiger partial charge is 0.416 e. The summed E-state index contributed by atoms with van der Waals surface area (Å²) >= 11 is 0. The number of imidazole rings is 1. The number of methoxy groups -OCH3 is 1. The van der Waals surface area contributed by atoms with Crippen LogP contribution in [0, 0.1) is 6.92 Å². The normalized spacial score (nSPS) is 10.7. The Hall–Kier alpha value is -3.74. The van der Waals surface area contributed by atoms with Crippen molar-refractivity contribution in [1.82, 2.24) is 9.97 Å². The fourth-order valence-electron chi connectivity index (χ4n) is 3.62. The van der Waals surface area contributed by atoms with E-state index < -0.39 is 11.7 Å². The zero-order valence-corrected chi connectivity index (χ0v) is 19.1. The zero-order valence-electron chi connectivity index (χ0n) is 19.1. The Morgan fingerprint density at radius 1 is 1.00 bits per heavy atom. The van der Waals surface area contributed by atoms with Crippen molar-refractivity contribution < 1.29 is 17.9 Å². The van der Waals surface area contributed by atoms with Gasteiger partial charge in [-0.15, -0.1) is 12.6 Å². The number of halogens is 3. The predicted molar refractivity (Wildman–Crippen MR) is 132 cm³/mol. The summed E-state index contributed by atoms with van der Waals surface area (Å²) in [5, 5.41) is 0. The molecule has 0 aliphatic heterocycles. The molecule has 0 unspecified atom stereocenters. The molecule has 7 heteroatoms. The number of benzene rings is 3.